The van der Waals surface area contributed by atoms with Gasteiger partial charge in [0.15, 0.2) is 0 Å². The second-order valence-corrected chi connectivity index (χ2v) is 4.80. The molecule has 2 N–H and O–H groups in total. The Bertz CT molecular complexity index is 521. The van der Waals surface area contributed by atoms with Gasteiger partial charge in [-0.1, -0.05) is 6.07 Å². The summed E-state index contributed by atoms with van der Waals surface area (Å²) < 4.78 is 50.9. The van der Waals surface area contributed by atoms with Crippen LogP contribution in [0.2, 0.25) is 0 Å². The highest BCUT2D eigenvalue weighted by Crippen LogP contribution is 2.34. The lowest BCUT2D eigenvalue weighted by Crippen LogP contribution is -2.35. The molecule has 0 bridgehead atoms. The first-order valence-corrected chi connectivity index (χ1v) is 6.12. The number of hydrogen-bond acceptors (Lipinski definition) is 2. The van der Waals surface area contributed by atoms with Crippen molar-refractivity contribution in [2.45, 2.75) is 25.1 Å². The summed E-state index contributed by atoms with van der Waals surface area (Å²) in [7, 11) is 0. The summed E-state index contributed by atoms with van der Waals surface area (Å²) in [6.45, 7) is 0.435. The number of nitrogens with one attached hydrogen (secondary N) is 1. The van der Waals surface area contributed by atoms with Crippen LogP contribution in [0.4, 0.5) is 17.6 Å². The topological polar surface area (TPSA) is 49.3 Å². The zero-order chi connectivity index (χ0) is 14.9. The van der Waals surface area contributed by atoms with E-state index in [0.717, 1.165) is 6.07 Å². The lowest BCUT2D eigenvalue weighted by Gasteiger charge is -2.28. The van der Waals surface area contributed by atoms with Gasteiger partial charge in [0, 0.05) is 6.04 Å². The maximum absolute atomic E-state index is 13.5. The number of benzene rings is 1. The molecular weight excluding hydrogens is 314 g/mol. The molecule has 1 aromatic rings. The fourth-order valence-electron chi connectivity index (χ4n) is 2.37. The molecule has 1 aliphatic heterocycles. The molecule has 2 atom stereocenters. The molecule has 1 aromatic carbocycles. The molecule has 0 aliphatic carbocycles. The van der Waals surface area contributed by atoms with Crippen LogP contribution in [0.15, 0.2) is 18.2 Å². The largest absolute Gasteiger partial charge is 0.481 e. The smallest absolute Gasteiger partial charge is 0.419 e. The molecule has 1 aliphatic rings. The molecule has 118 valence electrons. The predicted octanol–water partition coefficient (Wildman–Crippen LogP) is 3.39. The van der Waals surface area contributed by atoms with Gasteiger partial charge < -0.3 is 10.4 Å². The standard InChI is InChI=1S/C13H13F4NO2.ClH/c14-10-5-7(1-2-9(10)13(15,16)17)11-6-8(12(19)20)3-4-18-11;/h1-2,5,8,11,18H,3-4,6H2,(H,19,20);1H. The summed E-state index contributed by atoms with van der Waals surface area (Å²) >= 11 is 0. The monoisotopic (exact) mass is 327 g/mol. The number of halogens is 5. The summed E-state index contributed by atoms with van der Waals surface area (Å²) in [4.78, 5) is 10.9. The summed E-state index contributed by atoms with van der Waals surface area (Å²) in [6.07, 6.45) is -4.04. The van der Waals surface area contributed by atoms with Crippen molar-refractivity contribution < 1.29 is 27.5 Å². The molecule has 21 heavy (non-hydrogen) atoms. The lowest BCUT2D eigenvalue weighted by molar-refractivity contribution is -0.143. The van der Waals surface area contributed by atoms with Crippen LogP contribution in [-0.2, 0) is 11.0 Å². The maximum Gasteiger partial charge on any atom is 0.419 e. The molecule has 0 amide bonds. The second-order valence-electron chi connectivity index (χ2n) is 4.80. The normalized spacial score (nSPS) is 22.5. The Balaban J connectivity index is 0.00000220. The number of carboxylic acid groups (broad SMARTS) is 1. The van der Waals surface area contributed by atoms with E-state index < -0.39 is 35.5 Å². The first-order valence-electron chi connectivity index (χ1n) is 6.12. The second kappa shape index (κ2) is 6.62. The molecule has 0 spiro atoms. The van der Waals surface area contributed by atoms with Crippen LogP contribution in [0.1, 0.15) is 30.0 Å². The fourth-order valence-corrected chi connectivity index (χ4v) is 2.37. The van der Waals surface area contributed by atoms with E-state index in [0.29, 0.717) is 24.6 Å². The van der Waals surface area contributed by atoms with Crippen molar-refractivity contribution in [2.75, 3.05) is 6.54 Å². The van der Waals surface area contributed by atoms with Gasteiger partial charge in [-0.3, -0.25) is 4.79 Å². The van der Waals surface area contributed by atoms with Gasteiger partial charge in [0.05, 0.1) is 11.5 Å². The molecular formula is C13H14ClF4NO2. The summed E-state index contributed by atoms with van der Waals surface area (Å²) in [5.74, 6) is -2.84. The minimum absolute atomic E-state index is 0. The van der Waals surface area contributed by atoms with E-state index >= 15 is 0 Å². The van der Waals surface area contributed by atoms with Gasteiger partial charge in [0.1, 0.15) is 5.82 Å². The van der Waals surface area contributed by atoms with Crippen LogP contribution in [0.25, 0.3) is 0 Å². The molecule has 0 radical (unpaired) electrons. The van der Waals surface area contributed by atoms with Crippen molar-refractivity contribution in [1.82, 2.24) is 5.32 Å². The van der Waals surface area contributed by atoms with Crippen molar-refractivity contribution in [3.8, 4) is 0 Å². The molecule has 2 rings (SSSR count). The number of carbonyl (C=O) groups is 1. The van der Waals surface area contributed by atoms with E-state index in [4.69, 9.17) is 5.11 Å². The maximum atomic E-state index is 13.5. The highest BCUT2D eigenvalue weighted by molar-refractivity contribution is 5.85. The zero-order valence-electron chi connectivity index (χ0n) is 10.8. The number of hydrogen-bond donors (Lipinski definition) is 2. The van der Waals surface area contributed by atoms with Crippen molar-refractivity contribution in [2.24, 2.45) is 5.92 Å². The Morgan fingerprint density at radius 3 is 2.52 bits per heavy atom. The van der Waals surface area contributed by atoms with Crippen molar-refractivity contribution in [3.05, 3.63) is 35.1 Å². The quantitative estimate of drug-likeness (QED) is 0.819. The summed E-state index contributed by atoms with van der Waals surface area (Å²) in [5.41, 5.74) is -0.978. The Kier molecular flexibility index (Phi) is 5.58. The SMILES string of the molecule is Cl.O=C(O)C1CCNC(c2ccc(C(F)(F)F)c(F)c2)C1. The van der Waals surface area contributed by atoms with Crippen molar-refractivity contribution >= 4 is 18.4 Å². The third kappa shape index (κ3) is 4.07. The molecule has 1 fully saturated rings. The van der Waals surface area contributed by atoms with Crippen LogP contribution in [0, 0.1) is 11.7 Å². The van der Waals surface area contributed by atoms with Crippen LogP contribution in [0.5, 0.6) is 0 Å². The van der Waals surface area contributed by atoms with Gasteiger partial charge in [-0.2, -0.15) is 13.2 Å². The minimum atomic E-state index is -4.73. The molecule has 0 aromatic heterocycles. The van der Waals surface area contributed by atoms with Crippen LogP contribution in [0.3, 0.4) is 0 Å². The Hall–Kier alpha value is -1.34. The van der Waals surface area contributed by atoms with Crippen LogP contribution < -0.4 is 5.32 Å². The van der Waals surface area contributed by atoms with Crippen molar-refractivity contribution in [3.63, 3.8) is 0 Å². The first kappa shape index (κ1) is 17.7. The van der Waals surface area contributed by atoms with Gasteiger partial charge in [0.2, 0.25) is 0 Å². The number of aliphatic carboxylic acids is 1. The average Bonchev–Trinajstić information content (AvgIpc) is 2.37. The highest BCUT2D eigenvalue weighted by Gasteiger charge is 2.35. The number of carboxylic acids is 1. The Labute approximate surface area is 124 Å². The van der Waals surface area contributed by atoms with Crippen LogP contribution in [-0.4, -0.2) is 17.6 Å². The molecule has 2 unspecified atom stereocenters. The van der Waals surface area contributed by atoms with Crippen LogP contribution >= 0.6 is 12.4 Å². The van der Waals surface area contributed by atoms with E-state index in [2.05, 4.69) is 5.32 Å². The third-order valence-electron chi connectivity index (χ3n) is 3.45. The molecule has 8 heteroatoms. The number of piperidine rings is 1. The third-order valence-corrected chi connectivity index (χ3v) is 3.45. The molecule has 0 saturated carbocycles. The van der Waals surface area contributed by atoms with Gasteiger partial charge in [-0.05, 0) is 37.1 Å². The van der Waals surface area contributed by atoms with E-state index in [-0.39, 0.29) is 18.8 Å². The first-order chi connectivity index (χ1) is 9.29. The van der Waals surface area contributed by atoms with E-state index in [1.54, 1.807) is 0 Å². The van der Waals surface area contributed by atoms with Crippen molar-refractivity contribution in [1.29, 1.82) is 0 Å². The van der Waals surface area contributed by atoms with Gasteiger partial charge in [-0.15, -0.1) is 12.4 Å². The zero-order valence-corrected chi connectivity index (χ0v) is 11.6. The van der Waals surface area contributed by atoms with E-state index in [1.807, 2.05) is 0 Å². The summed E-state index contributed by atoms with van der Waals surface area (Å²) in [6, 6.07) is 2.26. The number of rotatable bonds is 2. The van der Waals surface area contributed by atoms with E-state index in [9.17, 15) is 22.4 Å². The average molecular weight is 328 g/mol. The molecule has 3 nitrogen and oxygen atoms in total. The Morgan fingerprint density at radius 1 is 1.33 bits per heavy atom. The fraction of sp³-hybridized carbons (Fsp3) is 0.462. The van der Waals surface area contributed by atoms with Gasteiger partial charge in [0.25, 0.3) is 0 Å². The minimum Gasteiger partial charge on any atom is -0.481 e. The molecule has 1 heterocycles. The Morgan fingerprint density at radius 2 is 2.00 bits per heavy atom. The predicted molar refractivity (Wildman–Crippen MR) is 69.8 cm³/mol. The number of alkyl halides is 3. The highest BCUT2D eigenvalue weighted by atomic mass is 35.5. The molecule has 1 saturated heterocycles. The van der Waals surface area contributed by atoms with Gasteiger partial charge >= 0.3 is 12.1 Å². The van der Waals surface area contributed by atoms with E-state index in [1.165, 1.54) is 6.07 Å². The van der Waals surface area contributed by atoms with Gasteiger partial charge in [-0.25, -0.2) is 4.39 Å². The lowest BCUT2D eigenvalue weighted by atomic mass is 9.88. The summed E-state index contributed by atoms with van der Waals surface area (Å²) in [5, 5.41) is 12.0.